The lowest BCUT2D eigenvalue weighted by Gasteiger charge is -2.17. The molecule has 0 bridgehead atoms. The first-order valence-electron chi connectivity index (χ1n) is 17.9. The third-order valence-corrected chi connectivity index (χ3v) is 14.0. The Balaban J connectivity index is 1.03. The number of aliphatic imine (C=N–C) groups is 2. The number of nitrogens with zero attached hydrogens (tertiary/aromatic N) is 6. The van der Waals surface area contributed by atoms with Gasteiger partial charge in [-0.3, -0.25) is 9.80 Å². The summed E-state index contributed by atoms with van der Waals surface area (Å²) in [6.45, 7) is 3.92. The largest absolute Gasteiger partial charge is 0.386 e. The molecule has 0 unspecified atom stereocenters. The maximum absolute atomic E-state index is 5.44. The Morgan fingerprint density at radius 3 is 1.38 bits per heavy atom. The quantitative estimate of drug-likeness (QED) is 0.146. The van der Waals surface area contributed by atoms with Crippen LogP contribution in [0.5, 0.6) is 0 Å². The zero-order chi connectivity index (χ0) is 33.3. The second-order valence-corrected chi connectivity index (χ2v) is 17.1. The monoisotopic (exact) mass is 732 g/mol. The SMILES string of the molecule is c1ccc2c(c1)S/C1=N\c3sc4ccccc4[n+]3CCCCCCN3/C(=N/c4sc5ccccc5[n+]4CCCCCCN12)Sc1ccccc13. The third-order valence-electron chi connectivity index (χ3n) is 9.76. The Morgan fingerprint density at radius 2 is 0.880 bits per heavy atom. The van der Waals surface area contributed by atoms with E-state index in [4.69, 9.17) is 9.98 Å². The lowest BCUT2D eigenvalue weighted by Crippen LogP contribution is -2.34. The van der Waals surface area contributed by atoms with Gasteiger partial charge in [-0.2, -0.15) is 0 Å². The van der Waals surface area contributed by atoms with E-state index in [1.165, 1.54) is 67.3 Å². The van der Waals surface area contributed by atoms with E-state index in [9.17, 15) is 0 Å². The number of benzene rings is 4. The van der Waals surface area contributed by atoms with Crippen molar-refractivity contribution in [3.63, 3.8) is 0 Å². The van der Waals surface area contributed by atoms with Crippen LogP contribution in [0.1, 0.15) is 51.4 Å². The standard InChI is InChI=1S/C40H40N6S4/c1-2-14-26-44-30-18-6-10-22-34(30)48-38(44)42-40-46(32-20-8-12-24-36(32)50-40)28-16-4-3-15-27-45-31-19-7-11-23-35(31)49-39(45)41-37-43(25-13-1)29-17-5-9-21-33(29)47-37/h5-12,17-24H,1-4,13-16,25-28H2/q+2. The molecule has 6 aromatic rings. The molecular weight excluding hydrogens is 693 g/mol. The van der Waals surface area contributed by atoms with Gasteiger partial charge in [0.25, 0.3) is 10.3 Å². The second kappa shape index (κ2) is 14.5. The van der Waals surface area contributed by atoms with Crippen molar-refractivity contribution in [3.8, 4) is 0 Å². The summed E-state index contributed by atoms with van der Waals surface area (Å²) in [4.78, 5) is 18.4. The molecule has 0 amide bonds. The summed E-state index contributed by atoms with van der Waals surface area (Å²) in [5.74, 6) is 0. The zero-order valence-electron chi connectivity index (χ0n) is 28.0. The van der Waals surface area contributed by atoms with Gasteiger partial charge in [0.2, 0.25) is 0 Å². The van der Waals surface area contributed by atoms with Gasteiger partial charge in [0, 0.05) is 22.9 Å². The zero-order valence-corrected chi connectivity index (χ0v) is 31.3. The smallest absolute Gasteiger partial charge is 0.299 e. The van der Waals surface area contributed by atoms with Crippen LogP contribution in [0.25, 0.3) is 20.4 Å². The van der Waals surface area contributed by atoms with Crippen molar-refractivity contribution < 1.29 is 9.13 Å². The molecule has 50 heavy (non-hydrogen) atoms. The van der Waals surface area contributed by atoms with Crippen LogP contribution < -0.4 is 18.9 Å². The fourth-order valence-corrected chi connectivity index (χ4v) is 11.6. The first-order valence-corrected chi connectivity index (χ1v) is 21.2. The number of thioether (sulfide) groups is 2. The minimum absolute atomic E-state index is 0.981. The Hall–Kier alpha value is -3.70. The molecule has 0 saturated carbocycles. The van der Waals surface area contributed by atoms with Gasteiger partial charge >= 0.3 is 10.3 Å². The van der Waals surface area contributed by atoms with Gasteiger partial charge in [-0.25, -0.2) is 9.13 Å². The van der Waals surface area contributed by atoms with E-state index in [0.29, 0.717) is 0 Å². The van der Waals surface area contributed by atoms with E-state index < -0.39 is 0 Å². The second-order valence-electron chi connectivity index (χ2n) is 13.1. The number of aromatic nitrogens is 2. The van der Waals surface area contributed by atoms with Gasteiger partial charge in [-0.05, 0) is 143 Å². The highest BCUT2D eigenvalue weighted by Crippen LogP contribution is 2.43. The molecule has 0 atom stereocenters. The third kappa shape index (κ3) is 6.36. The Bertz CT molecular complexity index is 2080. The van der Waals surface area contributed by atoms with Crippen molar-refractivity contribution in [1.82, 2.24) is 0 Å². The Morgan fingerprint density at radius 1 is 0.460 bits per heavy atom. The number of aryl methyl sites for hydroxylation is 2. The van der Waals surface area contributed by atoms with E-state index in [1.807, 2.05) is 46.2 Å². The fourth-order valence-electron chi connectivity index (χ4n) is 7.24. The van der Waals surface area contributed by atoms with Crippen molar-refractivity contribution in [2.75, 3.05) is 22.9 Å². The molecule has 0 fully saturated rings. The molecule has 0 N–H and O–H groups in total. The lowest BCUT2D eigenvalue weighted by atomic mass is 10.1. The molecule has 252 valence electrons. The molecule has 4 aromatic carbocycles. The molecule has 3 aliphatic heterocycles. The molecule has 0 saturated heterocycles. The van der Waals surface area contributed by atoms with Crippen LogP contribution in [0.15, 0.2) is 117 Å². The van der Waals surface area contributed by atoms with Gasteiger partial charge in [0.15, 0.2) is 0 Å². The molecule has 2 aromatic heterocycles. The Labute approximate surface area is 310 Å². The Kier molecular flexibility index (Phi) is 9.35. The van der Waals surface area contributed by atoms with Crippen LogP contribution in [-0.2, 0) is 13.1 Å². The highest BCUT2D eigenvalue weighted by atomic mass is 32.2. The van der Waals surface area contributed by atoms with E-state index in [0.717, 1.165) is 72.5 Å². The molecule has 10 heteroatoms. The summed E-state index contributed by atoms with van der Waals surface area (Å²) in [5.41, 5.74) is 5.18. The molecular formula is C40H40N6S4+2. The first-order chi connectivity index (χ1) is 24.8. The molecule has 9 rings (SSSR count). The van der Waals surface area contributed by atoms with Gasteiger partial charge in [-0.15, -0.1) is 0 Å². The minimum atomic E-state index is 0.981. The number of thiazole rings is 2. The van der Waals surface area contributed by atoms with E-state index in [2.05, 4.69) is 116 Å². The number of hydrogen-bond donors (Lipinski definition) is 0. The van der Waals surface area contributed by atoms with Crippen molar-refractivity contribution in [2.24, 2.45) is 9.98 Å². The number of hydrogen-bond acceptors (Lipinski definition) is 8. The summed E-state index contributed by atoms with van der Waals surface area (Å²) in [5, 5.41) is 4.43. The maximum atomic E-state index is 5.44. The fraction of sp³-hybridized carbons (Fsp3) is 0.300. The van der Waals surface area contributed by atoms with E-state index in [-0.39, 0.29) is 0 Å². The van der Waals surface area contributed by atoms with Crippen molar-refractivity contribution in [2.45, 2.75) is 74.2 Å². The van der Waals surface area contributed by atoms with Gasteiger partial charge in [0.05, 0.1) is 33.9 Å². The predicted molar refractivity (Wildman–Crippen MR) is 214 cm³/mol. The minimum Gasteiger partial charge on any atom is -0.299 e. The number of para-hydroxylation sites is 4. The van der Waals surface area contributed by atoms with Crippen LogP contribution >= 0.6 is 46.2 Å². The van der Waals surface area contributed by atoms with E-state index in [1.54, 1.807) is 0 Å². The summed E-state index contributed by atoms with van der Waals surface area (Å²) < 4.78 is 7.55. The summed E-state index contributed by atoms with van der Waals surface area (Å²) in [7, 11) is 0. The topological polar surface area (TPSA) is 39.0 Å². The average Bonchev–Trinajstić information content (AvgIpc) is 3.88. The van der Waals surface area contributed by atoms with Crippen molar-refractivity contribution >= 4 is 98.6 Å². The van der Waals surface area contributed by atoms with Crippen LogP contribution in [0.3, 0.4) is 0 Å². The average molecular weight is 733 g/mol. The van der Waals surface area contributed by atoms with Crippen LogP contribution in [0, 0.1) is 0 Å². The molecule has 3 aliphatic rings. The number of anilines is 2. The van der Waals surface area contributed by atoms with Gasteiger partial charge < -0.3 is 0 Å². The number of amidine groups is 2. The molecule has 0 aliphatic carbocycles. The maximum Gasteiger partial charge on any atom is 0.386 e. The molecule has 0 radical (unpaired) electrons. The lowest BCUT2D eigenvalue weighted by molar-refractivity contribution is -0.655. The van der Waals surface area contributed by atoms with Crippen LogP contribution in [-0.4, -0.2) is 23.4 Å². The highest BCUT2D eigenvalue weighted by Gasteiger charge is 2.33. The number of rotatable bonds is 0. The van der Waals surface area contributed by atoms with Crippen LogP contribution in [0.4, 0.5) is 21.6 Å². The molecule has 6 nitrogen and oxygen atoms in total. The van der Waals surface area contributed by atoms with Crippen molar-refractivity contribution in [1.29, 1.82) is 0 Å². The normalized spacial score (nSPS) is 19.5. The van der Waals surface area contributed by atoms with Gasteiger partial charge in [0.1, 0.15) is 11.0 Å². The number of fused-ring (bicyclic) bond motifs is 12. The summed E-state index contributed by atoms with van der Waals surface area (Å²) >= 11 is 7.29. The predicted octanol–water partition coefficient (Wildman–Crippen LogP) is 10.7. The molecule has 5 heterocycles. The molecule has 0 spiro atoms. The highest BCUT2D eigenvalue weighted by molar-refractivity contribution is 8.15. The summed E-state index contributed by atoms with van der Waals surface area (Å²) in [6.07, 6.45) is 9.28. The summed E-state index contributed by atoms with van der Waals surface area (Å²) in [6, 6.07) is 35.3. The van der Waals surface area contributed by atoms with E-state index >= 15 is 0 Å². The van der Waals surface area contributed by atoms with Gasteiger partial charge in [-0.1, -0.05) is 61.4 Å². The van der Waals surface area contributed by atoms with Crippen molar-refractivity contribution in [3.05, 3.63) is 97.1 Å². The first kappa shape index (κ1) is 32.2. The van der Waals surface area contributed by atoms with Crippen LogP contribution in [0.2, 0.25) is 0 Å².